The largest absolute Gasteiger partial charge is 0.356 e. The lowest BCUT2D eigenvalue weighted by Gasteiger charge is -2.16. The molecule has 4 heteroatoms. The van der Waals surface area contributed by atoms with E-state index in [2.05, 4.69) is 21.8 Å². The molecule has 0 amide bonds. The molecule has 1 aliphatic rings. The molecule has 1 N–H and O–H groups in total. The van der Waals surface area contributed by atoms with E-state index in [1.807, 2.05) is 0 Å². The summed E-state index contributed by atoms with van der Waals surface area (Å²) in [6, 6.07) is 1.57. The van der Waals surface area contributed by atoms with Crippen LogP contribution in [0, 0.1) is 5.92 Å². The summed E-state index contributed by atoms with van der Waals surface area (Å²) in [6.07, 6.45) is 3.89. The van der Waals surface area contributed by atoms with E-state index in [0.717, 1.165) is 24.8 Å². The van der Waals surface area contributed by atoms with Gasteiger partial charge in [-0.2, -0.15) is 0 Å². The predicted octanol–water partition coefficient (Wildman–Crippen LogP) is 1.01. The van der Waals surface area contributed by atoms with E-state index in [4.69, 9.17) is 0 Å². The number of H-pyrrole nitrogens is 1. The Morgan fingerprint density at radius 2 is 2.57 bits per heavy atom. The second kappa shape index (κ2) is 3.82. The van der Waals surface area contributed by atoms with Gasteiger partial charge < -0.3 is 9.88 Å². The number of rotatable bonds is 2. The minimum absolute atomic E-state index is 0.0741. The molecule has 76 valence electrons. The monoisotopic (exact) mass is 193 g/mol. The van der Waals surface area contributed by atoms with E-state index < -0.39 is 0 Å². The van der Waals surface area contributed by atoms with Gasteiger partial charge in [-0.05, 0) is 12.3 Å². The van der Waals surface area contributed by atoms with E-state index in [-0.39, 0.29) is 5.56 Å². The van der Waals surface area contributed by atoms with Gasteiger partial charge in [-0.15, -0.1) is 0 Å². The van der Waals surface area contributed by atoms with Crippen LogP contribution in [0.1, 0.15) is 19.8 Å². The summed E-state index contributed by atoms with van der Waals surface area (Å²) in [6.45, 7) is 4.27. The minimum atomic E-state index is -0.0741. The smallest absolute Gasteiger partial charge is 0.252 e. The Hall–Kier alpha value is -1.32. The van der Waals surface area contributed by atoms with Crippen LogP contribution in [0.5, 0.6) is 0 Å². The van der Waals surface area contributed by atoms with Gasteiger partial charge in [-0.1, -0.05) is 13.3 Å². The zero-order valence-corrected chi connectivity index (χ0v) is 8.36. The molecular formula is C10H15N3O. The van der Waals surface area contributed by atoms with Crippen LogP contribution in [0.15, 0.2) is 17.2 Å². The fourth-order valence-corrected chi connectivity index (χ4v) is 1.91. The van der Waals surface area contributed by atoms with Gasteiger partial charge in [-0.3, -0.25) is 4.79 Å². The van der Waals surface area contributed by atoms with Crippen molar-refractivity contribution < 1.29 is 0 Å². The van der Waals surface area contributed by atoms with Crippen LogP contribution in [0.3, 0.4) is 0 Å². The van der Waals surface area contributed by atoms with E-state index >= 15 is 0 Å². The number of nitrogens with one attached hydrogen (secondary N) is 1. The van der Waals surface area contributed by atoms with Crippen LogP contribution in [0.2, 0.25) is 0 Å². The Morgan fingerprint density at radius 1 is 1.71 bits per heavy atom. The molecule has 1 aromatic rings. The maximum atomic E-state index is 11.1. The molecule has 1 saturated heterocycles. The summed E-state index contributed by atoms with van der Waals surface area (Å²) in [5.74, 6) is 1.57. The number of anilines is 1. The van der Waals surface area contributed by atoms with Gasteiger partial charge in [0, 0.05) is 19.2 Å². The highest BCUT2D eigenvalue weighted by atomic mass is 16.1. The van der Waals surface area contributed by atoms with Crippen LogP contribution >= 0.6 is 0 Å². The van der Waals surface area contributed by atoms with Crippen molar-refractivity contribution in [3.63, 3.8) is 0 Å². The fraction of sp³-hybridized carbons (Fsp3) is 0.600. The Bertz CT molecular complexity index is 360. The van der Waals surface area contributed by atoms with Crippen molar-refractivity contribution in [2.24, 2.45) is 5.92 Å². The summed E-state index contributed by atoms with van der Waals surface area (Å²) in [5.41, 5.74) is -0.0741. The standard InChI is InChI=1S/C10H15N3O/c1-2-8-3-4-13(6-8)9-5-10(14)12-7-11-9/h5,7-8H,2-4,6H2,1H3,(H,11,12,14). The first kappa shape index (κ1) is 9.24. The lowest BCUT2D eigenvalue weighted by atomic mass is 10.1. The summed E-state index contributed by atoms with van der Waals surface area (Å²) >= 11 is 0. The summed E-state index contributed by atoms with van der Waals surface area (Å²) < 4.78 is 0. The van der Waals surface area contributed by atoms with Gasteiger partial charge in [0.25, 0.3) is 5.56 Å². The SMILES string of the molecule is CCC1CCN(c2cc(=O)[nH]cn2)C1. The molecule has 1 fully saturated rings. The molecule has 1 aliphatic heterocycles. The zero-order valence-electron chi connectivity index (χ0n) is 8.36. The van der Waals surface area contributed by atoms with E-state index in [1.165, 1.54) is 19.2 Å². The highest BCUT2D eigenvalue weighted by Crippen LogP contribution is 2.22. The molecule has 2 heterocycles. The summed E-state index contributed by atoms with van der Waals surface area (Å²) in [7, 11) is 0. The predicted molar refractivity (Wildman–Crippen MR) is 55.5 cm³/mol. The average Bonchev–Trinajstić information content (AvgIpc) is 2.66. The zero-order chi connectivity index (χ0) is 9.97. The van der Waals surface area contributed by atoms with Crippen molar-refractivity contribution in [3.8, 4) is 0 Å². The highest BCUT2D eigenvalue weighted by Gasteiger charge is 2.21. The second-order valence-corrected chi connectivity index (χ2v) is 3.78. The van der Waals surface area contributed by atoms with Gasteiger partial charge in [-0.25, -0.2) is 4.98 Å². The Labute approximate surface area is 83.0 Å². The van der Waals surface area contributed by atoms with Gasteiger partial charge >= 0.3 is 0 Å². The molecule has 1 unspecified atom stereocenters. The number of hydrogen-bond donors (Lipinski definition) is 1. The van der Waals surface area contributed by atoms with Gasteiger partial charge in [0.1, 0.15) is 5.82 Å². The molecule has 0 radical (unpaired) electrons. The molecule has 2 rings (SSSR count). The minimum Gasteiger partial charge on any atom is -0.356 e. The van der Waals surface area contributed by atoms with Gasteiger partial charge in [0.2, 0.25) is 0 Å². The topological polar surface area (TPSA) is 49.0 Å². The second-order valence-electron chi connectivity index (χ2n) is 3.78. The first-order valence-corrected chi connectivity index (χ1v) is 5.09. The van der Waals surface area contributed by atoms with E-state index in [9.17, 15) is 4.79 Å². The Kier molecular flexibility index (Phi) is 2.52. The summed E-state index contributed by atoms with van der Waals surface area (Å²) in [5, 5.41) is 0. The molecule has 0 saturated carbocycles. The number of aromatic amines is 1. The van der Waals surface area contributed by atoms with Crippen LogP contribution in [0.25, 0.3) is 0 Å². The fourth-order valence-electron chi connectivity index (χ4n) is 1.91. The summed E-state index contributed by atoms with van der Waals surface area (Å²) in [4.78, 5) is 19.9. The number of nitrogens with zero attached hydrogens (tertiary/aromatic N) is 2. The van der Waals surface area contributed by atoms with Crippen LogP contribution in [-0.4, -0.2) is 23.1 Å². The first-order chi connectivity index (χ1) is 6.79. The Balaban J connectivity index is 2.13. The molecule has 1 atom stereocenters. The van der Waals surface area contributed by atoms with E-state index in [1.54, 1.807) is 6.07 Å². The van der Waals surface area contributed by atoms with Crippen molar-refractivity contribution in [2.45, 2.75) is 19.8 Å². The van der Waals surface area contributed by atoms with Crippen molar-refractivity contribution >= 4 is 5.82 Å². The molecule has 0 spiro atoms. The molecule has 1 aromatic heterocycles. The number of aromatic nitrogens is 2. The van der Waals surface area contributed by atoms with Crippen LogP contribution in [0.4, 0.5) is 5.82 Å². The highest BCUT2D eigenvalue weighted by molar-refractivity contribution is 5.37. The molecule has 0 bridgehead atoms. The third kappa shape index (κ3) is 1.78. The first-order valence-electron chi connectivity index (χ1n) is 5.09. The third-order valence-electron chi connectivity index (χ3n) is 2.85. The van der Waals surface area contributed by atoms with Crippen LogP contribution < -0.4 is 10.5 Å². The third-order valence-corrected chi connectivity index (χ3v) is 2.85. The number of hydrogen-bond acceptors (Lipinski definition) is 3. The molecular weight excluding hydrogens is 178 g/mol. The molecule has 4 nitrogen and oxygen atoms in total. The normalized spacial score (nSPS) is 21.5. The maximum absolute atomic E-state index is 11.1. The Morgan fingerprint density at radius 3 is 3.21 bits per heavy atom. The quantitative estimate of drug-likeness (QED) is 0.762. The van der Waals surface area contributed by atoms with Crippen LogP contribution in [-0.2, 0) is 0 Å². The van der Waals surface area contributed by atoms with Crippen molar-refractivity contribution in [2.75, 3.05) is 18.0 Å². The molecule has 0 aromatic carbocycles. The maximum Gasteiger partial charge on any atom is 0.252 e. The van der Waals surface area contributed by atoms with E-state index in [0.29, 0.717) is 0 Å². The lowest BCUT2D eigenvalue weighted by Crippen LogP contribution is -2.22. The lowest BCUT2D eigenvalue weighted by molar-refractivity contribution is 0.568. The molecule has 0 aliphatic carbocycles. The van der Waals surface area contributed by atoms with Crippen molar-refractivity contribution in [1.82, 2.24) is 9.97 Å². The van der Waals surface area contributed by atoms with Gasteiger partial charge in [0.15, 0.2) is 0 Å². The average molecular weight is 193 g/mol. The van der Waals surface area contributed by atoms with Crippen molar-refractivity contribution in [1.29, 1.82) is 0 Å². The van der Waals surface area contributed by atoms with Crippen molar-refractivity contribution in [3.05, 3.63) is 22.7 Å². The van der Waals surface area contributed by atoms with Gasteiger partial charge in [0.05, 0.1) is 6.33 Å². The molecule has 14 heavy (non-hydrogen) atoms.